The maximum absolute atomic E-state index is 11.0. The van der Waals surface area contributed by atoms with Gasteiger partial charge in [0.15, 0.2) is 0 Å². The number of esters is 1. The van der Waals surface area contributed by atoms with E-state index in [0.29, 0.717) is 6.54 Å². The molecule has 0 spiro atoms. The fourth-order valence-corrected chi connectivity index (χ4v) is 0.952. The van der Waals surface area contributed by atoms with Crippen LogP contribution in [0.5, 0.6) is 0 Å². The Hall–Kier alpha value is -1.49. The molecule has 1 heterocycles. The van der Waals surface area contributed by atoms with Crippen molar-refractivity contribution in [2.24, 2.45) is 0 Å². The van der Waals surface area contributed by atoms with E-state index in [-0.39, 0.29) is 12.0 Å². The van der Waals surface area contributed by atoms with Crippen molar-refractivity contribution in [1.82, 2.24) is 15.3 Å². The summed E-state index contributed by atoms with van der Waals surface area (Å²) >= 11 is 0. The predicted octanol–water partition coefficient (Wildman–Crippen LogP) is 0.128. The highest BCUT2D eigenvalue weighted by Crippen LogP contribution is 1.94. The number of aromatic nitrogens is 2. The number of hydrogen-bond donors (Lipinski definition) is 1. The highest BCUT2D eigenvalue weighted by Gasteiger charge is 2.11. The second-order valence-electron chi connectivity index (χ2n) is 2.87. The third-order valence-electron chi connectivity index (χ3n) is 1.78. The Labute approximate surface area is 82.5 Å². The highest BCUT2D eigenvalue weighted by molar-refractivity contribution is 5.75. The summed E-state index contributed by atoms with van der Waals surface area (Å²) < 4.78 is 4.57. The Kier molecular flexibility index (Phi) is 4.00. The van der Waals surface area contributed by atoms with Crippen LogP contribution >= 0.6 is 0 Å². The van der Waals surface area contributed by atoms with Gasteiger partial charge in [-0.3, -0.25) is 4.79 Å². The normalized spacial score (nSPS) is 12.1. The molecular weight excluding hydrogens is 182 g/mol. The van der Waals surface area contributed by atoms with Crippen LogP contribution in [0.15, 0.2) is 18.7 Å². The summed E-state index contributed by atoms with van der Waals surface area (Å²) in [6.07, 6.45) is 4.86. The maximum Gasteiger partial charge on any atom is 0.322 e. The zero-order valence-corrected chi connectivity index (χ0v) is 8.23. The lowest BCUT2D eigenvalue weighted by molar-refractivity contribution is -0.142. The molecule has 0 aliphatic rings. The number of rotatable bonds is 4. The molecular formula is C9H13N3O2. The van der Waals surface area contributed by atoms with E-state index in [0.717, 1.165) is 5.56 Å². The van der Waals surface area contributed by atoms with Gasteiger partial charge in [-0.25, -0.2) is 9.97 Å². The summed E-state index contributed by atoms with van der Waals surface area (Å²) in [5, 5.41) is 3.00. The third-order valence-corrected chi connectivity index (χ3v) is 1.78. The molecule has 0 bridgehead atoms. The van der Waals surface area contributed by atoms with Crippen LogP contribution in [0.4, 0.5) is 0 Å². The molecule has 0 radical (unpaired) electrons. The molecule has 0 fully saturated rings. The van der Waals surface area contributed by atoms with Crippen molar-refractivity contribution < 1.29 is 9.53 Å². The van der Waals surface area contributed by atoms with E-state index in [4.69, 9.17) is 0 Å². The molecule has 0 aliphatic heterocycles. The van der Waals surface area contributed by atoms with Crippen LogP contribution in [0.3, 0.4) is 0 Å². The lowest BCUT2D eigenvalue weighted by Gasteiger charge is -2.10. The Bertz CT molecular complexity index is 289. The highest BCUT2D eigenvalue weighted by atomic mass is 16.5. The van der Waals surface area contributed by atoms with Gasteiger partial charge in [-0.05, 0) is 6.92 Å². The van der Waals surface area contributed by atoms with Crippen molar-refractivity contribution in [2.75, 3.05) is 7.11 Å². The summed E-state index contributed by atoms with van der Waals surface area (Å²) in [5.74, 6) is -0.276. The van der Waals surface area contributed by atoms with Gasteiger partial charge in [0.2, 0.25) is 0 Å². The molecule has 0 saturated carbocycles. The molecule has 76 valence electrons. The second-order valence-corrected chi connectivity index (χ2v) is 2.87. The van der Waals surface area contributed by atoms with E-state index in [2.05, 4.69) is 20.0 Å². The largest absolute Gasteiger partial charge is 0.468 e. The molecule has 0 aliphatic carbocycles. The molecule has 1 aromatic heterocycles. The zero-order chi connectivity index (χ0) is 10.4. The number of carbonyl (C=O) groups is 1. The van der Waals surface area contributed by atoms with E-state index in [1.165, 1.54) is 13.4 Å². The molecule has 1 atom stereocenters. The molecule has 14 heavy (non-hydrogen) atoms. The SMILES string of the molecule is COC(=O)[C@H](C)NCc1cncnc1. The zero-order valence-electron chi connectivity index (χ0n) is 8.23. The van der Waals surface area contributed by atoms with Crippen LogP contribution in [-0.2, 0) is 16.1 Å². The molecule has 1 rings (SSSR count). The van der Waals surface area contributed by atoms with Crippen LogP contribution < -0.4 is 5.32 Å². The van der Waals surface area contributed by atoms with Crippen molar-refractivity contribution in [2.45, 2.75) is 19.5 Å². The predicted molar refractivity (Wildman–Crippen MR) is 50.3 cm³/mol. The maximum atomic E-state index is 11.0. The fraction of sp³-hybridized carbons (Fsp3) is 0.444. The first-order valence-corrected chi connectivity index (χ1v) is 4.29. The molecule has 0 saturated heterocycles. The van der Waals surface area contributed by atoms with E-state index in [9.17, 15) is 4.79 Å². The average Bonchev–Trinajstić information content (AvgIpc) is 2.26. The second kappa shape index (κ2) is 5.29. The molecule has 5 nitrogen and oxygen atoms in total. The van der Waals surface area contributed by atoms with Gasteiger partial charge in [-0.1, -0.05) is 0 Å². The molecule has 1 N–H and O–H groups in total. The minimum atomic E-state index is -0.319. The van der Waals surface area contributed by atoms with Crippen molar-refractivity contribution in [3.8, 4) is 0 Å². The molecule has 0 amide bonds. The first-order valence-electron chi connectivity index (χ1n) is 4.29. The summed E-state index contributed by atoms with van der Waals surface area (Å²) in [5.41, 5.74) is 0.934. The topological polar surface area (TPSA) is 64.1 Å². The third kappa shape index (κ3) is 3.10. The minimum absolute atomic E-state index is 0.276. The van der Waals surface area contributed by atoms with E-state index in [1.807, 2.05) is 0 Å². The smallest absolute Gasteiger partial charge is 0.322 e. The van der Waals surface area contributed by atoms with Crippen molar-refractivity contribution in [3.05, 3.63) is 24.3 Å². The van der Waals surface area contributed by atoms with Gasteiger partial charge < -0.3 is 10.1 Å². The van der Waals surface area contributed by atoms with Crippen LogP contribution in [-0.4, -0.2) is 29.1 Å². The van der Waals surface area contributed by atoms with Gasteiger partial charge >= 0.3 is 5.97 Å². The fourth-order valence-electron chi connectivity index (χ4n) is 0.952. The Morgan fingerprint density at radius 2 is 2.21 bits per heavy atom. The lowest BCUT2D eigenvalue weighted by atomic mass is 10.3. The van der Waals surface area contributed by atoms with Crippen LogP contribution in [0.1, 0.15) is 12.5 Å². The summed E-state index contributed by atoms with van der Waals surface area (Å²) in [7, 11) is 1.37. The van der Waals surface area contributed by atoms with Crippen LogP contribution in [0, 0.1) is 0 Å². The monoisotopic (exact) mass is 195 g/mol. The van der Waals surface area contributed by atoms with Gasteiger partial charge in [0.25, 0.3) is 0 Å². The van der Waals surface area contributed by atoms with Crippen LogP contribution in [0.2, 0.25) is 0 Å². The number of carbonyl (C=O) groups excluding carboxylic acids is 1. The Balaban J connectivity index is 2.38. The number of nitrogens with zero attached hydrogens (tertiary/aromatic N) is 2. The summed E-state index contributed by atoms with van der Waals surface area (Å²) in [4.78, 5) is 18.7. The van der Waals surface area contributed by atoms with Crippen molar-refractivity contribution >= 4 is 5.97 Å². The van der Waals surface area contributed by atoms with Crippen molar-refractivity contribution in [1.29, 1.82) is 0 Å². The average molecular weight is 195 g/mol. The first kappa shape index (κ1) is 10.6. The van der Waals surface area contributed by atoms with Gasteiger partial charge in [0.05, 0.1) is 7.11 Å². The van der Waals surface area contributed by atoms with Gasteiger partial charge in [0.1, 0.15) is 12.4 Å². The number of ether oxygens (including phenoxy) is 1. The number of methoxy groups -OCH3 is 1. The first-order chi connectivity index (χ1) is 6.74. The Morgan fingerprint density at radius 1 is 1.57 bits per heavy atom. The minimum Gasteiger partial charge on any atom is -0.468 e. The van der Waals surface area contributed by atoms with Gasteiger partial charge in [0, 0.05) is 24.5 Å². The summed E-state index contributed by atoms with van der Waals surface area (Å²) in [6, 6.07) is -0.319. The van der Waals surface area contributed by atoms with E-state index < -0.39 is 0 Å². The van der Waals surface area contributed by atoms with E-state index in [1.54, 1.807) is 19.3 Å². The molecule has 5 heteroatoms. The van der Waals surface area contributed by atoms with Crippen LogP contribution in [0.25, 0.3) is 0 Å². The Morgan fingerprint density at radius 3 is 2.79 bits per heavy atom. The molecule has 1 aromatic rings. The molecule has 0 unspecified atom stereocenters. The van der Waals surface area contributed by atoms with Gasteiger partial charge in [-0.15, -0.1) is 0 Å². The quantitative estimate of drug-likeness (QED) is 0.692. The molecule has 0 aromatic carbocycles. The standard InChI is InChI=1S/C9H13N3O2/c1-7(9(13)14-2)12-5-8-3-10-6-11-4-8/h3-4,6-7,12H,5H2,1-2H3/t7-/m0/s1. The summed E-state index contributed by atoms with van der Waals surface area (Å²) in [6.45, 7) is 2.30. The van der Waals surface area contributed by atoms with E-state index >= 15 is 0 Å². The number of nitrogens with one attached hydrogen (secondary N) is 1. The van der Waals surface area contributed by atoms with Crippen molar-refractivity contribution in [3.63, 3.8) is 0 Å². The van der Waals surface area contributed by atoms with Gasteiger partial charge in [-0.2, -0.15) is 0 Å². The lowest BCUT2D eigenvalue weighted by Crippen LogP contribution is -2.34. The number of hydrogen-bond acceptors (Lipinski definition) is 5.